The Morgan fingerprint density at radius 3 is 2.20 bits per heavy atom. The third-order valence-electron chi connectivity index (χ3n) is 2.45. The lowest BCUT2D eigenvalue weighted by Crippen LogP contribution is -2.04. The SMILES string of the molecule is Cc1nn(-c2ncc(I)cn2)c(C)c1C. The summed E-state index contributed by atoms with van der Waals surface area (Å²) in [4.78, 5) is 8.49. The molecule has 0 radical (unpaired) electrons. The van der Waals surface area contributed by atoms with Crippen molar-refractivity contribution in [2.24, 2.45) is 0 Å². The van der Waals surface area contributed by atoms with Crippen LogP contribution >= 0.6 is 22.6 Å². The number of halogens is 1. The maximum Gasteiger partial charge on any atom is 0.250 e. The summed E-state index contributed by atoms with van der Waals surface area (Å²) in [5, 5.41) is 4.40. The van der Waals surface area contributed by atoms with Crippen molar-refractivity contribution in [2.75, 3.05) is 0 Å². The van der Waals surface area contributed by atoms with Gasteiger partial charge in [-0.15, -0.1) is 0 Å². The second-order valence-corrected chi connectivity index (χ2v) is 4.65. The van der Waals surface area contributed by atoms with Crippen LogP contribution in [0.4, 0.5) is 0 Å². The lowest BCUT2D eigenvalue weighted by atomic mass is 10.2. The molecule has 0 aromatic carbocycles. The van der Waals surface area contributed by atoms with E-state index in [1.54, 1.807) is 17.1 Å². The van der Waals surface area contributed by atoms with Gasteiger partial charge in [-0.25, -0.2) is 14.6 Å². The van der Waals surface area contributed by atoms with Crippen LogP contribution in [0, 0.1) is 24.3 Å². The molecule has 0 N–H and O–H groups in total. The van der Waals surface area contributed by atoms with Gasteiger partial charge < -0.3 is 0 Å². The normalized spacial score (nSPS) is 10.7. The lowest BCUT2D eigenvalue weighted by molar-refractivity contribution is 0.772. The van der Waals surface area contributed by atoms with E-state index in [1.807, 2.05) is 13.8 Å². The fraction of sp³-hybridized carbons (Fsp3) is 0.300. The third-order valence-corrected chi connectivity index (χ3v) is 3.01. The second-order valence-electron chi connectivity index (χ2n) is 3.41. The van der Waals surface area contributed by atoms with Crippen molar-refractivity contribution in [3.05, 3.63) is 32.9 Å². The van der Waals surface area contributed by atoms with E-state index in [4.69, 9.17) is 0 Å². The van der Waals surface area contributed by atoms with Crippen LogP contribution in [-0.2, 0) is 0 Å². The Hall–Kier alpha value is -0.980. The molecule has 0 atom stereocenters. The molecule has 15 heavy (non-hydrogen) atoms. The Morgan fingerprint density at radius 2 is 1.73 bits per heavy atom. The van der Waals surface area contributed by atoms with E-state index in [1.165, 1.54) is 5.56 Å². The minimum atomic E-state index is 0.629. The van der Waals surface area contributed by atoms with Crippen LogP contribution in [0.5, 0.6) is 0 Å². The number of hydrogen-bond acceptors (Lipinski definition) is 3. The summed E-state index contributed by atoms with van der Waals surface area (Å²) in [6.45, 7) is 6.07. The highest BCUT2D eigenvalue weighted by Crippen LogP contribution is 2.14. The minimum Gasteiger partial charge on any atom is -0.219 e. The van der Waals surface area contributed by atoms with E-state index >= 15 is 0 Å². The molecular formula is C10H11IN4. The maximum atomic E-state index is 4.40. The summed E-state index contributed by atoms with van der Waals surface area (Å²) < 4.78 is 2.80. The fourth-order valence-corrected chi connectivity index (χ4v) is 1.61. The van der Waals surface area contributed by atoms with Gasteiger partial charge in [0.25, 0.3) is 5.95 Å². The van der Waals surface area contributed by atoms with Crippen molar-refractivity contribution in [2.45, 2.75) is 20.8 Å². The monoisotopic (exact) mass is 314 g/mol. The largest absolute Gasteiger partial charge is 0.250 e. The van der Waals surface area contributed by atoms with Crippen LogP contribution in [0.25, 0.3) is 5.95 Å². The standard InChI is InChI=1S/C10H11IN4/c1-6-7(2)14-15(8(6)3)10-12-4-9(11)5-13-10/h4-5H,1-3H3. The van der Waals surface area contributed by atoms with Crippen molar-refractivity contribution >= 4 is 22.6 Å². The molecule has 4 nitrogen and oxygen atoms in total. The van der Waals surface area contributed by atoms with Gasteiger partial charge in [0.05, 0.1) is 5.69 Å². The molecule has 0 aliphatic heterocycles. The maximum absolute atomic E-state index is 4.40. The van der Waals surface area contributed by atoms with Crippen molar-refractivity contribution in [1.29, 1.82) is 0 Å². The van der Waals surface area contributed by atoms with Crippen LogP contribution in [0.3, 0.4) is 0 Å². The van der Waals surface area contributed by atoms with E-state index in [0.717, 1.165) is 15.0 Å². The quantitative estimate of drug-likeness (QED) is 0.758. The molecule has 2 rings (SSSR count). The smallest absolute Gasteiger partial charge is 0.219 e. The van der Waals surface area contributed by atoms with E-state index in [9.17, 15) is 0 Å². The molecule has 0 unspecified atom stereocenters. The van der Waals surface area contributed by atoms with Gasteiger partial charge in [0.2, 0.25) is 0 Å². The third kappa shape index (κ3) is 1.88. The Balaban J connectivity index is 2.54. The number of aryl methyl sites for hydroxylation is 1. The van der Waals surface area contributed by atoms with Crippen molar-refractivity contribution < 1.29 is 0 Å². The Bertz CT molecular complexity index is 487. The average Bonchev–Trinajstić information content (AvgIpc) is 2.47. The zero-order chi connectivity index (χ0) is 11.0. The van der Waals surface area contributed by atoms with E-state index < -0.39 is 0 Å². The molecule has 5 heteroatoms. The van der Waals surface area contributed by atoms with Gasteiger partial charge in [-0.1, -0.05) is 0 Å². The zero-order valence-electron chi connectivity index (χ0n) is 8.82. The highest BCUT2D eigenvalue weighted by molar-refractivity contribution is 14.1. The highest BCUT2D eigenvalue weighted by atomic mass is 127. The molecule has 0 spiro atoms. The molecule has 0 saturated carbocycles. The zero-order valence-corrected chi connectivity index (χ0v) is 11.0. The van der Waals surface area contributed by atoms with Crippen molar-refractivity contribution in [1.82, 2.24) is 19.7 Å². The molecule has 2 aromatic heterocycles. The molecule has 0 saturated heterocycles. The highest BCUT2D eigenvalue weighted by Gasteiger charge is 2.10. The van der Waals surface area contributed by atoms with Gasteiger partial charge in [0.15, 0.2) is 0 Å². The molecule has 0 bridgehead atoms. The fourth-order valence-electron chi connectivity index (χ4n) is 1.33. The Kier molecular flexibility index (Phi) is 2.72. The first-order valence-corrected chi connectivity index (χ1v) is 5.68. The van der Waals surface area contributed by atoms with Gasteiger partial charge >= 0.3 is 0 Å². The van der Waals surface area contributed by atoms with Crippen molar-refractivity contribution in [3.8, 4) is 5.95 Å². The van der Waals surface area contributed by atoms with Crippen LogP contribution in [0.15, 0.2) is 12.4 Å². The summed E-state index contributed by atoms with van der Waals surface area (Å²) in [5.74, 6) is 0.629. The summed E-state index contributed by atoms with van der Waals surface area (Å²) in [6.07, 6.45) is 3.57. The molecular weight excluding hydrogens is 303 g/mol. The summed E-state index contributed by atoms with van der Waals surface area (Å²) in [7, 11) is 0. The van der Waals surface area contributed by atoms with E-state index in [-0.39, 0.29) is 0 Å². The number of hydrogen-bond donors (Lipinski definition) is 0. The molecule has 0 aliphatic carbocycles. The van der Waals surface area contributed by atoms with Crippen LogP contribution < -0.4 is 0 Å². The number of aromatic nitrogens is 4. The van der Waals surface area contributed by atoms with Gasteiger partial charge in [0, 0.05) is 21.7 Å². The van der Waals surface area contributed by atoms with Crippen molar-refractivity contribution in [3.63, 3.8) is 0 Å². The first kappa shape index (κ1) is 10.5. The predicted molar refractivity (Wildman–Crippen MR) is 66.1 cm³/mol. The summed E-state index contributed by atoms with van der Waals surface area (Å²) >= 11 is 2.18. The first-order valence-electron chi connectivity index (χ1n) is 4.60. The first-order chi connectivity index (χ1) is 7.09. The minimum absolute atomic E-state index is 0.629. The topological polar surface area (TPSA) is 43.6 Å². The Labute approximate surface area is 102 Å². The van der Waals surface area contributed by atoms with Gasteiger partial charge in [-0.2, -0.15) is 5.10 Å². The molecule has 0 aliphatic rings. The summed E-state index contributed by atoms with van der Waals surface area (Å²) in [6, 6.07) is 0. The van der Waals surface area contributed by atoms with Crippen LogP contribution in [-0.4, -0.2) is 19.7 Å². The molecule has 78 valence electrons. The van der Waals surface area contributed by atoms with E-state index in [0.29, 0.717) is 5.95 Å². The van der Waals surface area contributed by atoms with Crippen LogP contribution in [0.1, 0.15) is 17.0 Å². The average molecular weight is 314 g/mol. The van der Waals surface area contributed by atoms with Gasteiger partial charge in [-0.3, -0.25) is 0 Å². The lowest BCUT2D eigenvalue weighted by Gasteiger charge is -2.01. The Morgan fingerprint density at radius 1 is 1.13 bits per heavy atom. The number of nitrogens with zero attached hydrogens (tertiary/aromatic N) is 4. The summed E-state index contributed by atoms with van der Waals surface area (Å²) in [5.41, 5.74) is 3.31. The second kappa shape index (κ2) is 3.88. The van der Waals surface area contributed by atoms with Gasteiger partial charge in [0.1, 0.15) is 0 Å². The van der Waals surface area contributed by atoms with E-state index in [2.05, 4.69) is 44.6 Å². The van der Waals surface area contributed by atoms with Crippen LogP contribution in [0.2, 0.25) is 0 Å². The predicted octanol–water partition coefficient (Wildman–Crippen LogP) is 2.19. The van der Waals surface area contributed by atoms with Gasteiger partial charge in [-0.05, 0) is 48.9 Å². The number of rotatable bonds is 1. The molecule has 0 fully saturated rings. The molecule has 2 aromatic rings. The molecule has 0 amide bonds. The molecule has 2 heterocycles.